The Labute approximate surface area is 95.6 Å². The highest BCUT2D eigenvalue weighted by atomic mass is 16.5. The van der Waals surface area contributed by atoms with Gasteiger partial charge in [-0.25, -0.2) is 0 Å². The zero-order valence-corrected chi connectivity index (χ0v) is 9.52. The molecule has 0 aromatic heterocycles. The number of rotatable bonds is 0. The molecule has 3 nitrogen and oxygen atoms in total. The van der Waals surface area contributed by atoms with Crippen LogP contribution >= 0.6 is 0 Å². The number of fused-ring (bicyclic) bond motifs is 3. The molecule has 1 aromatic rings. The fourth-order valence-corrected chi connectivity index (χ4v) is 2.88. The number of morpholine rings is 1. The van der Waals surface area contributed by atoms with Gasteiger partial charge in [0.25, 0.3) is 0 Å². The minimum absolute atomic E-state index is 0.148. The minimum Gasteiger partial charge on any atom is -0.508 e. The second-order valence-corrected chi connectivity index (χ2v) is 4.76. The van der Waals surface area contributed by atoms with E-state index in [0.29, 0.717) is 11.8 Å². The Hall–Kier alpha value is -1.06. The lowest BCUT2D eigenvalue weighted by atomic mass is 9.84. The van der Waals surface area contributed by atoms with Crippen molar-refractivity contribution >= 4 is 0 Å². The Morgan fingerprint density at radius 2 is 2.31 bits per heavy atom. The molecule has 3 heteroatoms. The molecule has 0 spiro atoms. The second kappa shape index (κ2) is 3.75. The van der Waals surface area contributed by atoms with Crippen LogP contribution in [-0.2, 0) is 11.2 Å². The van der Waals surface area contributed by atoms with Crippen LogP contribution in [-0.4, -0.2) is 36.2 Å². The van der Waals surface area contributed by atoms with Crippen LogP contribution in [0.2, 0.25) is 0 Å². The quantitative estimate of drug-likeness (QED) is 0.721. The van der Waals surface area contributed by atoms with Crippen LogP contribution in [0.25, 0.3) is 0 Å². The average Bonchev–Trinajstić information content (AvgIpc) is 2.29. The zero-order valence-electron chi connectivity index (χ0n) is 9.52. The van der Waals surface area contributed by atoms with Gasteiger partial charge in [0.2, 0.25) is 0 Å². The maximum absolute atomic E-state index is 9.58. The molecule has 0 unspecified atom stereocenters. The van der Waals surface area contributed by atoms with E-state index in [-0.39, 0.29) is 6.10 Å². The van der Waals surface area contributed by atoms with Gasteiger partial charge in [-0.15, -0.1) is 0 Å². The second-order valence-electron chi connectivity index (χ2n) is 4.76. The lowest BCUT2D eigenvalue weighted by Gasteiger charge is -2.42. The van der Waals surface area contributed by atoms with Crippen LogP contribution in [0.1, 0.15) is 23.7 Å². The first kappa shape index (κ1) is 10.1. The number of phenolic OH excluding ortho intramolecular Hbond substituents is 1. The highest BCUT2D eigenvalue weighted by Crippen LogP contribution is 2.38. The van der Waals surface area contributed by atoms with E-state index in [1.807, 2.05) is 12.1 Å². The third kappa shape index (κ3) is 1.51. The molecule has 2 atom stereocenters. The van der Waals surface area contributed by atoms with E-state index in [4.69, 9.17) is 4.74 Å². The van der Waals surface area contributed by atoms with E-state index in [0.717, 1.165) is 26.0 Å². The van der Waals surface area contributed by atoms with Gasteiger partial charge in [-0.3, -0.25) is 4.90 Å². The number of aromatic hydroxyl groups is 1. The van der Waals surface area contributed by atoms with E-state index in [9.17, 15) is 5.11 Å². The summed E-state index contributed by atoms with van der Waals surface area (Å²) >= 11 is 0. The first-order chi connectivity index (χ1) is 7.75. The van der Waals surface area contributed by atoms with Crippen molar-refractivity contribution in [3.8, 4) is 5.75 Å². The highest BCUT2D eigenvalue weighted by Gasteiger charge is 2.35. The third-order valence-electron chi connectivity index (χ3n) is 3.80. The standard InChI is InChI=1S/C13H17NO2/c1-14-6-7-16-13-11-8-10(15)4-2-9(11)3-5-12(13)14/h2,4,8,12-13,15H,3,5-7H2,1H3/t12-,13-/m1/s1. The van der Waals surface area contributed by atoms with Gasteiger partial charge in [-0.05, 0) is 43.1 Å². The molecular weight excluding hydrogens is 202 g/mol. The molecule has 1 aliphatic heterocycles. The van der Waals surface area contributed by atoms with Crippen molar-refractivity contribution in [2.45, 2.75) is 25.0 Å². The topological polar surface area (TPSA) is 32.7 Å². The molecule has 0 radical (unpaired) electrons. The summed E-state index contributed by atoms with van der Waals surface area (Å²) in [6.07, 6.45) is 2.39. The molecule has 0 bridgehead atoms. The maximum atomic E-state index is 9.58. The van der Waals surface area contributed by atoms with Crippen LogP contribution in [0.3, 0.4) is 0 Å². The predicted octanol–water partition coefficient (Wildman–Crippen LogP) is 1.71. The monoisotopic (exact) mass is 219 g/mol. The van der Waals surface area contributed by atoms with Crippen LogP contribution in [0, 0.1) is 0 Å². The summed E-state index contributed by atoms with van der Waals surface area (Å²) in [6.45, 7) is 1.79. The zero-order chi connectivity index (χ0) is 11.1. The first-order valence-corrected chi connectivity index (χ1v) is 5.89. The molecule has 0 saturated carbocycles. The molecule has 1 aliphatic carbocycles. The minimum atomic E-state index is 0.148. The fourth-order valence-electron chi connectivity index (χ4n) is 2.88. The number of nitrogens with zero attached hydrogens (tertiary/aromatic N) is 1. The van der Waals surface area contributed by atoms with E-state index in [1.54, 1.807) is 6.07 Å². The maximum Gasteiger partial charge on any atom is 0.115 e. The number of hydrogen-bond acceptors (Lipinski definition) is 3. The van der Waals surface area contributed by atoms with Gasteiger partial charge in [-0.1, -0.05) is 6.07 Å². The molecule has 1 N–H and O–H groups in total. The van der Waals surface area contributed by atoms with Crippen molar-refractivity contribution in [1.82, 2.24) is 4.90 Å². The normalized spacial score (nSPS) is 29.6. The van der Waals surface area contributed by atoms with Crippen LogP contribution in [0.5, 0.6) is 5.75 Å². The lowest BCUT2D eigenvalue weighted by molar-refractivity contribution is -0.0707. The lowest BCUT2D eigenvalue weighted by Crippen LogP contribution is -2.46. The summed E-state index contributed by atoms with van der Waals surface area (Å²) < 4.78 is 5.88. The summed E-state index contributed by atoms with van der Waals surface area (Å²) in [4.78, 5) is 2.38. The molecule has 3 rings (SSSR count). The Balaban J connectivity index is 2.01. The number of benzene rings is 1. The largest absolute Gasteiger partial charge is 0.508 e. The summed E-state index contributed by atoms with van der Waals surface area (Å²) in [5.74, 6) is 0.344. The van der Waals surface area contributed by atoms with Gasteiger partial charge in [-0.2, -0.15) is 0 Å². The summed E-state index contributed by atoms with van der Waals surface area (Å²) in [5.41, 5.74) is 2.51. The number of likely N-dealkylation sites (N-methyl/N-ethyl adjacent to an activating group) is 1. The average molecular weight is 219 g/mol. The molecule has 1 aromatic carbocycles. The Bertz CT molecular complexity index is 405. The highest BCUT2D eigenvalue weighted by molar-refractivity contribution is 5.39. The van der Waals surface area contributed by atoms with E-state index >= 15 is 0 Å². The van der Waals surface area contributed by atoms with Crippen LogP contribution < -0.4 is 0 Å². The van der Waals surface area contributed by atoms with Gasteiger partial charge in [0.05, 0.1) is 12.7 Å². The first-order valence-electron chi connectivity index (χ1n) is 5.89. The van der Waals surface area contributed by atoms with Gasteiger partial charge in [0, 0.05) is 12.6 Å². The molecule has 1 heterocycles. The van der Waals surface area contributed by atoms with Crippen molar-refractivity contribution in [2.75, 3.05) is 20.2 Å². The van der Waals surface area contributed by atoms with Gasteiger partial charge < -0.3 is 9.84 Å². The van der Waals surface area contributed by atoms with Crippen LogP contribution in [0.15, 0.2) is 18.2 Å². The van der Waals surface area contributed by atoms with Gasteiger partial charge in [0.15, 0.2) is 0 Å². The summed E-state index contributed by atoms with van der Waals surface area (Å²) in [7, 11) is 2.16. The van der Waals surface area contributed by atoms with Gasteiger partial charge in [0.1, 0.15) is 5.75 Å². The van der Waals surface area contributed by atoms with E-state index in [1.165, 1.54) is 11.1 Å². The molecule has 86 valence electrons. The van der Waals surface area contributed by atoms with Crippen molar-refractivity contribution < 1.29 is 9.84 Å². The van der Waals surface area contributed by atoms with E-state index in [2.05, 4.69) is 11.9 Å². The number of phenols is 1. The van der Waals surface area contributed by atoms with Crippen LogP contribution in [0.4, 0.5) is 0 Å². The number of ether oxygens (including phenoxy) is 1. The van der Waals surface area contributed by atoms with Crippen molar-refractivity contribution in [3.63, 3.8) is 0 Å². The Morgan fingerprint density at radius 3 is 3.19 bits per heavy atom. The molecule has 0 amide bonds. The van der Waals surface area contributed by atoms with Crippen molar-refractivity contribution in [3.05, 3.63) is 29.3 Å². The number of hydrogen-bond donors (Lipinski definition) is 1. The smallest absolute Gasteiger partial charge is 0.115 e. The molecule has 1 fully saturated rings. The number of aryl methyl sites for hydroxylation is 1. The SMILES string of the molecule is CN1CCO[C@@H]2c3cc(O)ccc3CC[C@H]21. The van der Waals surface area contributed by atoms with E-state index < -0.39 is 0 Å². The van der Waals surface area contributed by atoms with Gasteiger partial charge >= 0.3 is 0 Å². The fraction of sp³-hybridized carbons (Fsp3) is 0.538. The third-order valence-corrected chi connectivity index (χ3v) is 3.80. The molecule has 2 aliphatic rings. The van der Waals surface area contributed by atoms with Crippen molar-refractivity contribution in [2.24, 2.45) is 0 Å². The summed E-state index contributed by atoms with van der Waals surface area (Å²) in [5, 5.41) is 9.58. The summed E-state index contributed by atoms with van der Waals surface area (Å²) in [6, 6.07) is 6.14. The molecule has 16 heavy (non-hydrogen) atoms. The molecular formula is C13H17NO2. The Kier molecular flexibility index (Phi) is 2.37. The predicted molar refractivity (Wildman–Crippen MR) is 61.5 cm³/mol. The Morgan fingerprint density at radius 1 is 1.44 bits per heavy atom. The molecule has 1 saturated heterocycles. The van der Waals surface area contributed by atoms with Crippen molar-refractivity contribution in [1.29, 1.82) is 0 Å².